The first kappa shape index (κ1) is 22.0. The third kappa shape index (κ3) is 3.32. The average molecular weight is 530 g/mol. The van der Waals surface area contributed by atoms with Crippen LogP contribution in [0, 0.1) is 17.6 Å². The van der Waals surface area contributed by atoms with Crippen molar-refractivity contribution in [3.8, 4) is 10.6 Å². The zero-order valence-electron chi connectivity index (χ0n) is 19.0. The van der Waals surface area contributed by atoms with E-state index in [-0.39, 0.29) is 17.4 Å². The number of anilines is 2. The third-order valence-corrected chi connectivity index (χ3v) is 10.2. The van der Waals surface area contributed by atoms with E-state index in [4.69, 9.17) is 4.98 Å². The summed E-state index contributed by atoms with van der Waals surface area (Å²) in [6.07, 6.45) is 5.14. The Kier molecular flexibility index (Phi) is 4.69. The molecule has 2 aliphatic heterocycles. The fourth-order valence-electron chi connectivity index (χ4n) is 5.61. The number of halogens is 2. The summed E-state index contributed by atoms with van der Waals surface area (Å²) < 4.78 is 54.0. The summed E-state index contributed by atoms with van der Waals surface area (Å²) in [5.41, 5.74) is 1.11. The first-order valence-corrected chi connectivity index (χ1v) is 14.3. The van der Waals surface area contributed by atoms with Crippen LogP contribution >= 0.6 is 11.3 Å². The van der Waals surface area contributed by atoms with Crippen LogP contribution in [0.4, 0.5) is 19.7 Å². The first-order valence-electron chi connectivity index (χ1n) is 11.7. The van der Waals surface area contributed by atoms with E-state index in [1.54, 1.807) is 10.7 Å². The maximum absolute atomic E-state index is 14.8. The van der Waals surface area contributed by atoms with Crippen molar-refractivity contribution in [1.29, 1.82) is 0 Å². The number of aromatic nitrogens is 5. The highest BCUT2D eigenvalue weighted by Gasteiger charge is 2.64. The van der Waals surface area contributed by atoms with Gasteiger partial charge in [-0.2, -0.15) is 5.10 Å². The van der Waals surface area contributed by atoms with Crippen molar-refractivity contribution in [2.45, 2.75) is 18.4 Å². The molecule has 0 N–H and O–H groups in total. The molecule has 3 aliphatic rings. The normalized spacial score (nSPS) is 24.9. The van der Waals surface area contributed by atoms with Crippen LogP contribution in [0.15, 0.2) is 36.7 Å². The monoisotopic (exact) mass is 529 g/mol. The van der Waals surface area contributed by atoms with Gasteiger partial charge in [-0.05, 0) is 43.0 Å². The Hall–Kier alpha value is -3.19. The number of hydrogen-bond acceptors (Lipinski definition) is 9. The van der Waals surface area contributed by atoms with Crippen molar-refractivity contribution in [3.05, 3.63) is 53.9 Å². The topological polar surface area (TPSA) is 96.6 Å². The quantitative estimate of drug-likeness (QED) is 0.398. The summed E-state index contributed by atoms with van der Waals surface area (Å²) in [7, 11) is -2.99. The lowest BCUT2D eigenvalue weighted by atomic mass is 10.0. The molecule has 36 heavy (non-hydrogen) atoms. The Morgan fingerprint density at radius 1 is 1.08 bits per heavy atom. The predicted molar refractivity (Wildman–Crippen MR) is 131 cm³/mol. The van der Waals surface area contributed by atoms with E-state index in [0.717, 1.165) is 18.9 Å². The second-order valence-electron chi connectivity index (χ2n) is 9.53. The van der Waals surface area contributed by atoms with Gasteiger partial charge in [0.25, 0.3) is 0 Å². The van der Waals surface area contributed by atoms with Crippen LogP contribution in [0.2, 0.25) is 0 Å². The fraction of sp³-hybridized carbons (Fsp3) is 0.391. The molecule has 1 aromatic carbocycles. The van der Waals surface area contributed by atoms with Crippen LogP contribution in [-0.2, 0) is 15.4 Å². The standard InChI is InChI=1S/C23H21F2N7O2S2/c24-15-1-2-18(25)17(11-15)23-12-14(23)3-5-31(23)19-4-6-32-20(27-19)16(13-26-32)21-28-29-22(35-21)30-7-9-36(33,34)10-8-30/h1-2,4,6,11,13-14H,3,5,7-10,12H2/t14-,23+/m0/s1. The minimum atomic E-state index is -2.99. The largest absolute Gasteiger partial charge is 0.346 e. The molecule has 7 rings (SSSR count). The molecule has 13 heteroatoms. The van der Waals surface area contributed by atoms with Crippen molar-refractivity contribution in [2.75, 3.05) is 40.9 Å². The van der Waals surface area contributed by atoms with Crippen molar-refractivity contribution >= 4 is 37.8 Å². The zero-order chi connectivity index (χ0) is 24.7. The van der Waals surface area contributed by atoms with E-state index >= 15 is 0 Å². The Morgan fingerprint density at radius 2 is 1.92 bits per heavy atom. The van der Waals surface area contributed by atoms with E-state index in [1.807, 2.05) is 17.2 Å². The highest BCUT2D eigenvalue weighted by atomic mass is 32.2. The van der Waals surface area contributed by atoms with Gasteiger partial charge < -0.3 is 9.80 Å². The highest BCUT2D eigenvalue weighted by molar-refractivity contribution is 7.91. The van der Waals surface area contributed by atoms with Gasteiger partial charge in [-0.1, -0.05) is 11.3 Å². The van der Waals surface area contributed by atoms with Crippen molar-refractivity contribution in [3.63, 3.8) is 0 Å². The fourth-order valence-corrected chi connectivity index (χ4v) is 7.72. The van der Waals surface area contributed by atoms with Crippen LogP contribution in [0.5, 0.6) is 0 Å². The lowest BCUT2D eigenvalue weighted by Gasteiger charge is -2.30. The van der Waals surface area contributed by atoms with Gasteiger partial charge in [-0.25, -0.2) is 26.7 Å². The number of fused-ring (bicyclic) bond motifs is 2. The summed E-state index contributed by atoms with van der Waals surface area (Å²) in [6, 6.07) is 5.50. The molecule has 2 saturated heterocycles. The Balaban J connectivity index is 1.23. The first-order chi connectivity index (χ1) is 17.3. The molecule has 4 aromatic rings. The Labute approximate surface area is 209 Å². The maximum Gasteiger partial charge on any atom is 0.208 e. The Bertz CT molecular complexity index is 1610. The minimum absolute atomic E-state index is 0.105. The summed E-state index contributed by atoms with van der Waals surface area (Å²) in [6.45, 7) is 1.49. The smallest absolute Gasteiger partial charge is 0.208 e. The van der Waals surface area contributed by atoms with E-state index in [0.29, 0.717) is 52.4 Å². The summed E-state index contributed by atoms with van der Waals surface area (Å²) in [4.78, 5) is 8.91. The molecule has 186 valence electrons. The summed E-state index contributed by atoms with van der Waals surface area (Å²) in [5.74, 6) is 0.304. The lowest BCUT2D eigenvalue weighted by molar-refractivity contribution is 0.544. The van der Waals surface area contributed by atoms with Gasteiger partial charge in [0.05, 0.1) is 28.8 Å². The third-order valence-electron chi connectivity index (χ3n) is 7.54. The molecule has 0 unspecified atom stereocenters. The molecule has 0 bridgehead atoms. The molecule has 5 heterocycles. The lowest BCUT2D eigenvalue weighted by Crippen LogP contribution is -2.40. The minimum Gasteiger partial charge on any atom is -0.346 e. The van der Waals surface area contributed by atoms with Crippen molar-refractivity contribution in [1.82, 2.24) is 24.8 Å². The molecule has 0 spiro atoms. The molecule has 1 saturated carbocycles. The maximum atomic E-state index is 14.8. The molecule has 9 nitrogen and oxygen atoms in total. The molecule has 2 atom stereocenters. The van der Waals surface area contributed by atoms with E-state index in [9.17, 15) is 17.2 Å². The second-order valence-corrected chi connectivity index (χ2v) is 12.8. The molecule has 0 radical (unpaired) electrons. The van der Waals surface area contributed by atoms with E-state index in [2.05, 4.69) is 20.2 Å². The Morgan fingerprint density at radius 3 is 2.72 bits per heavy atom. The summed E-state index contributed by atoms with van der Waals surface area (Å²) in [5, 5.41) is 14.3. The van der Waals surface area contributed by atoms with Crippen LogP contribution in [-0.4, -0.2) is 64.4 Å². The highest BCUT2D eigenvalue weighted by Crippen LogP contribution is 2.63. The molecule has 1 aliphatic carbocycles. The van der Waals surface area contributed by atoms with Crippen LogP contribution < -0.4 is 9.80 Å². The van der Waals surface area contributed by atoms with Gasteiger partial charge in [0, 0.05) is 31.4 Å². The van der Waals surface area contributed by atoms with Gasteiger partial charge in [0.1, 0.15) is 17.5 Å². The van der Waals surface area contributed by atoms with E-state index < -0.39 is 27.0 Å². The van der Waals surface area contributed by atoms with Crippen LogP contribution in [0.3, 0.4) is 0 Å². The predicted octanol–water partition coefficient (Wildman–Crippen LogP) is 2.89. The zero-order valence-corrected chi connectivity index (χ0v) is 20.6. The van der Waals surface area contributed by atoms with Crippen molar-refractivity contribution < 1.29 is 17.2 Å². The van der Waals surface area contributed by atoms with Crippen LogP contribution in [0.25, 0.3) is 16.2 Å². The molecule has 0 amide bonds. The number of hydrogen-bond donors (Lipinski definition) is 0. The SMILES string of the molecule is O=S1(=O)CCN(c2nnc(-c3cnn4ccc(N5CC[C@H]6C[C@]65c5cc(F)ccc5F)nc34)s2)CC1. The van der Waals surface area contributed by atoms with Gasteiger partial charge in [0.2, 0.25) is 5.13 Å². The van der Waals surface area contributed by atoms with Gasteiger partial charge in [-0.15, -0.1) is 10.2 Å². The number of rotatable bonds is 4. The van der Waals surface area contributed by atoms with E-state index in [1.165, 1.54) is 23.5 Å². The number of sulfone groups is 1. The molecular formula is C23H21F2N7O2S2. The van der Waals surface area contributed by atoms with Crippen molar-refractivity contribution in [2.24, 2.45) is 5.92 Å². The van der Waals surface area contributed by atoms with Gasteiger partial charge in [0.15, 0.2) is 20.5 Å². The van der Waals surface area contributed by atoms with Gasteiger partial charge in [-0.3, -0.25) is 0 Å². The number of nitrogens with zero attached hydrogens (tertiary/aromatic N) is 7. The summed E-state index contributed by atoms with van der Waals surface area (Å²) >= 11 is 1.37. The van der Waals surface area contributed by atoms with Gasteiger partial charge >= 0.3 is 0 Å². The average Bonchev–Trinajstić information content (AvgIpc) is 3.22. The van der Waals surface area contributed by atoms with Crippen LogP contribution in [0.1, 0.15) is 18.4 Å². The molecular weight excluding hydrogens is 508 g/mol. The number of benzene rings is 1. The molecule has 3 aromatic heterocycles. The molecule has 3 fully saturated rings. The second kappa shape index (κ2) is 7.65. The number of piperidine rings is 1.